The summed E-state index contributed by atoms with van der Waals surface area (Å²) < 4.78 is 5.27. The van der Waals surface area contributed by atoms with Crippen LogP contribution in [0.5, 0.6) is 0 Å². The van der Waals surface area contributed by atoms with Gasteiger partial charge in [0.1, 0.15) is 6.61 Å². The number of carbonyl (C=O) groups is 1. The second-order valence-corrected chi connectivity index (χ2v) is 7.32. The number of thioether (sulfide) groups is 1. The van der Waals surface area contributed by atoms with Gasteiger partial charge in [0.2, 0.25) is 0 Å². The number of para-hydroxylation sites is 1. The summed E-state index contributed by atoms with van der Waals surface area (Å²) in [6.07, 6.45) is 0. The smallest absolute Gasteiger partial charge is 0.316 e. The number of nitrogens with zero attached hydrogens (tertiary/aromatic N) is 1. The standard InChI is InChI=1S/C19H15Cl2NO2S/c1-12-8-18(22-17-5-3-2-4-15(12)17)25-11-19(23)24-10-13-6-7-14(20)9-16(13)21/h2-9H,10-11H2,1H3. The summed E-state index contributed by atoms with van der Waals surface area (Å²) in [5.74, 6) is -0.126. The zero-order valence-electron chi connectivity index (χ0n) is 13.5. The third-order valence-electron chi connectivity index (χ3n) is 3.64. The fraction of sp³-hybridized carbons (Fsp3) is 0.158. The largest absolute Gasteiger partial charge is 0.460 e. The van der Waals surface area contributed by atoms with Crippen molar-refractivity contribution in [2.24, 2.45) is 0 Å². The lowest BCUT2D eigenvalue weighted by molar-refractivity contribution is -0.141. The van der Waals surface area contributed by atoms with Crippen LogP contribution in [0.2, 0.25) is 10.0 Å². The van der Waals surface area contributed by atoms with E-state index in [0.29, 0.717) is 10.0 Å². The van der Waals surface area contributed by atoms with E-state index in [0.717, 1.165) is 27.1 Å². The Morgan fingerprint density at radius 2 is 1.96 bits per heavy atom. The van der Waals surface area contributed by atoms with Crippen LogP contribution in [0.4, 0.5) is 0 Å². The van der Waals surface area contributed by atoms with Crippen LogP contribution in [0.25, 0.3) is 10.9 Å². The fourth-order valence-corrected chi connectivity index (χ4v) is 3.60. The van der Waals surface area contributed by atoms with Gasteiger partial charge in [0.05, 0.1) is 16.3 Å². The minimum absolute atomic E-state index is 0.125. The molecule has 6 heteroatoms. The van der Waals surface area contributed by atoms with Crippen LogP contribution in [0, 0.1) is 6.92 Å². The van der Waals surface area contributed by atoms with Crippen LogP contribution in [0.3, 0.4) is 0 Å². The average molecular weight is 392 g/mol. The number of esters is 1. The van der Waals surface area contributed by atoms with Crippen molar-refractivity contribution < 1.29 is 9.53 Å². The third kappa shape index (κ3) is 4.66. The summed E-state index contributed by atoms with van der Waals surface area (Å²) in [5.41, 5.74) is 2.78. The summed E-state index contributed by atoms with van der Waals surface area (Å²) in [5, 5.41) is 2.96. The Morgan fingerprint density at radius 3 is 2.76 bits per heavy atom. The number of aryl methyl sites for hydroxylation is 1. The molecule has 0 aliphatic heterocycles. The second kappa shape index (κ2) is 8.09. The molecule has 0 N–H and O–H groups in total. The van der Waals surface area contributed by atoms with Gasteiger partial charge in [-0.25, -0.2) is 4.98 Å². The van der Waals surface area contributed by atoms with E-state index in [1.807, 2.05) is 37.3 Å². The van der Waals surface area contributed by atoms with Gasteiger partial charge < -0.3 is 4.74 Å². The highest BCUT2D eigenvalue weighted by molar-refractivity contribution is 7.99. The zero-order valence-corrected chi connectivity index (χ0v) is 15.8. The molecule has 0 bridgehead atoms. The van der Waals surface area contributed by atoms with Crippen molar-refractivity contribution >= 4 is 51.8 Å². The highest BCUT2D eigenvalue weighted by atomic mass is 35.5. The number of carbonyl (C=O) groups excluding carboxylic acids is 1. The molecule has 0 radical (unpaired) electrons. The Kier molecular flexibility index (Phi) is 5.84. The van der Waals surface area contributed by atoms with Crippen molar-refractivity contribution in [1.82, 2.24) is 4.98 Å². The van der Waals surface area contributed by atoms with Crippen LogP contribution in [-0.4, -0.2) is 16.7 Å². The molecule has 0 amide bonds. The van der Waals surface area contributed by atoms with Gasteiger partial charge in [-0.1, -0.05) is 59.2 Å². The van der Waals surface area contributed by atoms with Crippen LogP contribution < -0.4 is 0 Å². The Balaban J connectivity index is 1.59. The highest BCUT2D eigenvalue weighted by Crippen LogP contribution is 2.24. The lowest BCUT2D eigenvalue weighted by atomic mass is 10.1. The first-order valence-electron chi connectivity index (χ1n) is 7.61. The summed E-state index contributed by atoms with van der Waals surface area (Å²) in [4.78, 5) is 16.5. The maximum absolute atomic E-state index is 12.0. The van der Waals surface area contributed by atoms with E-state index in [-0.39, 0.29) is 18.3 Å². The molecule has 0 fully saturated rings. The Bertz CT molecular complexity index is 930. The van der Waals surface area contributed by atoms with Crippen molar-refractivity contribution in [2.75, 3.05) is 5.75 Å². The van der Waals surface area contributed by atoms with E-state index < -0.39 is 0 Å². The number of ether oxygens (including phenoxy) is 1. The molecule has 1 aromatic heterocycles. The molecule has 0 saturated carbocycles. The molecule has 3 aromatic rings. The Morgan fingerprint density at radius 1 is 1.16 bits per heavy atom. The summed E-state index contributed by atoms with van der Waals surface area (Å²) in [6, 6.07) is 15.0. The molecule has 0 unspecified atom stereocenters. The van der Waals surface area contributed by atoms with Gasteiger partial charge in [-0.15, -0.1) is 0 Å². The quantitative estimate of drug-likeness (QED) is 0.413. The van der Waals surface area contributed by atoms with Gasteiger partial charge in [-0.05, 0) is 36.8 Å². The number of pyridine rings is 1. The fourth-order valence-electron chi connectivity index (χ4n) is 2.36. The van der Waals surface area contributed by atoms with Crippen molar-refractivity contribution in [3.05, 3.63) is 69.7 Å². The Hall–Kier alpha value is -1.75. The first kappa shape index (κ1) is 18.1. The molecule has 3 nitrogen and oxygen atoms in total. The maximum atomic E-state index is 12.0. The predicted molar refractivity (Wildman–Crippen MR) is 103 cm³/mol. The van der Waals surface area contributed by atoms with E-state index in [9.17, 15) is 4.79 Å². The summed E-state index contributed by atoms with van der Waals surface area (Å²) in [6.45, 7) is 2.16. The first-order valence-corrected chi connectivity index (χ1v) is 9.36. The molecule has 0 aliphatic carbocycles. The lowest BCUT2D eigenvalue weighted by Crippen LogP contribution is -2.07. The minimum Gasteiger partial charge on any atom is -0.460 e. The van der Waals surface area contributed by atoms with E-state index in [2.05, 4.69) is 4.98 Å². The molecule has 128 valence electrons. The topological polar surface area (TPSA) is 39.2 Å². The molecule has 3 rings (SSSR count). The molecular weight excluding hydrogens is 377 g/mol. The monoisotopic (exact) mass is 391 g/mol. The minimum atomic E-state index is -0.316. The average Bonchev–Trinajstić information content (AvgIpc) is 2.59. The molecule has 0 saturated heterocycles. The second-order valence-electron chi connectivity index (χ2n) is 5.48. The Labute approximate surface area is 160 Å². The third-order valence-corrected chi connectivity index (χ3v) is 5.11. The van der Waals surface area contributed by atoms with Gasteiger partial charge in [-0.3, -0.25) is 4.79 Å². The maximum Gasteiger partial charge on any atom is 0.316 e. The number of hydrogen-bond donors (Lipinski definition) is 0. The number of benzene rings is 2. The lowest BCUT2D eigenvalue weighted by Gasteiger charge is -2.08. The molecule has 2 aromatic carbocycles. The van der Waals surface area contributed by atoms with Gasteiger partial charge in [0.25, 0.3) is 0 Å². The molecule has 0 aliphatic rings. The van der Waals surface area contributed by atoms with Crippen LogP contribution in [-0.2, 0) is 16.1 Å². The van der Waals surface area contributed by atoms with Crippen LogP contribution in [0.15, 0.2) is 53.6 Å². The summed E-state index contributed by atoms with van der Waals surface area (Å²) in [7, 11) is 0. The highest BCUT2D eigenvalue weighted by Gasteiger charge is 2.09. The zero-order chi connectivity index (χ0) is 17.8. The van der Waals surface area contributed by atoms with Crippen LogP contribution in [0.1, 0.15) is 11.1 Å². The number of aromatic nitrogens is 1. The first-order chi connectivity index (χ1) is 12.0. The molecule has 0 atom stereocenters. The van der Waals surface area contributed by atoms with Gasteiger partial charge in [0.15, 0.2) is 0 Å². The van der Waals surface area contributed by atoms with E-state index in [4.69, 9.17) is 27.9 Å². The molecule has 1 heterocycles. The van der Waals surface area contributed by atoms with E-state index in [1.54, 1.807) is 18.2 Å². The van der Waals surface area contributed by atoms with Gasteiger partial charge in [-0.2, -0.15) is 0 Å². The van der Waals surface area contributed by atoms with Gasteiger partial charge in [0, 0.05) is 21.0 Å². The van der Waals surface area contributed by atoms with Crippen molar-refractivity contribution in [2.45, 2.75) is 18.6 Å². The SMILES string of the molecule is Cc1cc(SCC(=O)OCc2ccc(Cl)cc2Cl)nc2ccccc12. The summed E-state index contributed by atoms with van der Waals surface area (Å²) >= 11 is 13.3. The molecule has 0 spiro atoms. The van der Waals surface area contributed by atoms with Crippen LogP contribution >= 0.6 is 35.0 Å². The molecule has 25 heavy (non-hydrogen) atoms. The van der Waals surface area contributed by atoms with Gasteiger partial charge >= 0.3 is 5.97 Å². The normalized spacial score (nSPS) is 10.8. The number of hydrogen-bond acceptors (Lipinski definition) is 4. The predicted octanol–water partition coefficient (Wildman–Crippen LogP) is 5.69. The van der Waals surface area contributed by atoms with E-state index >= 15 is 0 Å². The van der Waals surface area contributed by atoms with Crippen molar-refractivity contribution in [3.63, 3.8) is 0 Å². The van der Waals surface area contributed by atoms with E-state index in [1.165, 1.54) is 11.8 Å². The number of rotatable bonds is 5. The van der Waals surface area contributed by atoms with Crippen molar-refractivity contribution in [3.8, 4) is 0 Å². The number of halogens is 2. The van der Waals surface area contributed by atoms with Crippen molar-refractivity contribution in [1.29, 1.82) is 0 Å². The molecular formula is C19H15Cl2NO2S. The number of fused-ring (bicyclic) bond motifs is 1.